The predicted octanol–water partition coefficient (Wildman–Crippen LogP) is 2.78. The fraction of sp³-hybridized carbons (Fsp3) is 0.286. The summed E-state index contributed by atoms with van der Waals surface area (Å²) in [5.74, 6) is 1.24. The van der Waals surface area contributed by atoms with Crippen molar-refractivity contribution in [2.24, 2.45) is 0 Å². The number of nitrogens with zero attached hydrogens (tertiary/aromatic N) is 2. The van der Waals surface area contributed by atoms with Crippen molar-refractivity contribution in [2.75, 3.05) is 6.54 Å². The van der Waals surface area contributed by atoms with Crippen LogP contribution in [0, 0.1) is 0 Å². The monoisotopic (exact) mass is 256 g/mol. The van der Waals surface area contributed by atoms with Crippen LogP contribution in [0.2, 0.25) is 0 Å². The molecule has 98 valence electrons. The summed E-state index contributed by atoms with van der Waals surface area (Å²) in [4.78, 5) is 7.60. The van der Waals surface area contributed by atoms with Gasteiger partial charge >= 0.3 is 0 Å². The average Bonchev–Trinajstić information content (AvgIpc) is 3.16. The highest BCUT2D eigenvalue weighted by Gasteiger charge is 2.23. The minimum atomic E-state index is 0.186. The van der Waals surface area contributed by atoms with Crippen molar-refractivity contribution >= 4 is 12.2 Å². The summed E-state index contributed by atoms with van der Waals surface area (Å²) >= 11 is 0. The molecule has 5 nitrogen and oxygen atoms in total. The molecule has 0 bridgehead atoms. The smallest absolute Gasteiger partial charge is 0.244 e. The number of aromatic nitrogens is 3. The van der Waals surface area contributed by atoms with E-state index < -0.39 is 0 Å². The Labute approximate surface area is 111 Å². The Morgan fingerprint density at radius 3 is 2.95 bits per heavy atom. The first kappa shape index (κ1) is 11.9. The Morgan fingerprint density at radius 1 is 1.37 bits per heavy atom. The van der Waals surface area contributed by atoms with Gasteiger partial charge in [-0.3, -0.25) is 0 Å². The molecule has 19 heavy (non-hydrogen) atoms. The lowest BCUT2D eigenvalue weighted by molar-refractivity contribution is 0.345. The lowest BCUT2D eigenvalue weighted by Crippen LogP contribution is -2.12. The van der Waals surface area contributed by atoms with Gasteiger partial charge in [-0.05, 0) is 25.5 Å². The fourth-order valence-corrected chi connectivity index (χ4v) is 2.41. The Kier molecular flexibility index (Phi) is 3.05. The molecule has 1 aliphatic heterocycles. The van der Waals surface area contributed by atoms with Crippen LogP contribution in [0.15, 0.2) is 23.9 Å². The molecule has 0 radical (unpaired) electrons. The van der Waals surface area contributed by atoms with Crippen LogP contribution in [0.1, 0.15) is 36.0 Å². The molecule has 5 heteroatoms. The van der Waals surface area contributed by atoms with Crippen LogP contribution in [-0.4, -0.2) is 21.7 Å². The van der Waals surface area contributed by atoms with E-state index in [4.69, 9.17) is 4.52 Å². The summed E-state index contributed by atoms with van der Waals surface area (Å²) in [5.41, 5.74) is 2.75. The van der Waals surface area contributed by atoms with Crippen molar-refractivity contribution in [1.29, 1.82) is 0 Å². The van der Waals surface area contributed by atoms with Crippen molar-refractivity contribution in [2.45, 2.75) is 18.9 Å². The van der Waals surface area contributed by atoms with E-state index >= 15 is 0 Å². The third-order valence-electron chi connectivity index (χ3n) is 3.40. The number of hydrogen-bond acceptors (Lipinski definition) is 4. The third kappa shape index (κ3) is 2.02. The Balaban J connectivity index is 1.96. The molecule has 3 rings (SSSR count). The molecule has 1 atom stereocenters. The lowest BCUT2D eigenvalue weighted by Gasteiger charge is -2.01. The molecule has 1 saturated heterocycles. The zero-order valence-electron chi connectivity index (χ0n) is 10.6. The second-order valence-corrected chi connectivity index (χ2v) is 4.54. The van der Waals surface area contributed by atoms with Gasteiger partial charge in [-0.2, -0.15) is 4.98 Å². The molecule has 0 spiro atoms. The van der Waals surface area contributed by atoms with E-state index in [0.29, 0.717) is 11.7 Å². The Bertz CT molecular complexity index is 605. The molecule has 1 aliphatic rings. The molecular weight excluding hydrogens is 240 g/mol. The van der Waals surface area contributed by atoms with E-state index in [1.165, 1.54) is 0 Å². The summed E-state index contributed by atoms with van der Waals surface area (Å²) in [5, 5.41) is 7.40. The van der Waals surface area contributed by atoms with E-state index in [2.05, 4.69) is 33.6 Å². The molecule has 0 aliphatic carbocycles. The molecule has 1 fully saturated rings. The predicted molar refractivity (Wildman–Crippen MR) is 74.2 cm³/mol. The van der Waals surface area contributed by atoms with Crippen LogP contribution in [0.5, 0.6) is 0 Å². The highest BCUT2D eigenvalue weighted by atomic mass is 16.5. The zero-order valence-corrected chi connectivity index (χ0v) is 10.6. The van der Waals surface area contributed by atoms with Gasteiger partial charge in [-0.1, -0.05) is 24.4 Å². The van der Waals surface area contributed by atoms with E-state index in [1.807, 2.05) is 6.20 Å². The fourth-order valence-electron chi connectivity index (χ4n) is 2.41. The number of rotatable bonds is 4. The minimum absolute atomic E-state index is 0.186. The first-order chi connectivity index (χ1) is 9.33. The molecule has 0 amide bonds. The summed E-state index contributed by atoms with van der Waals surface area (Å²) < 4.78 is 5.35. The van der Waals surface area contributed by atoms with Gasteiger partial charge in [0.15, 0.2) is 0 Å². The molecule has 2 aromatic heterocycles. The van der Waals surface area contributed by atoms with E-state index in [9.17, 15) is 0 Å². The quantitative estimate of drug-likeness (QED) is 0.882. The van der Waals surface area contributed by atoms with Crippen molar-refractivity contribution in [3.8, 4) is 11.4 Å². The third-order valence-corrected chi connectivity index (χ3v) is 3.40. The SMILES string of the molecule is C=Cc1[nH]cc(-c2noc(C3CCCN3)n2)c1C=C. The van der Waals surface area contributed by atoms with Gasteiger partial charge in [0.25, 0.3) is 0 Å². The first-order valence-corrected chi connectivity index (χ1v) is 6.37. The summed E-state index contributed by atoms with van der Waals surface area (Å²) in [7, 11) is 0. The molecule has 2 aromatic rings. The van der Waals surface area contributed by atoms with E-state index in [0.717, 1.165) is 36.2 Å². The number of aromatic amines is 1. The van der Waals surface area contributed by atoms with Crippen LogP contribution in [0.25, 0.3) is 23.5 Å². The topological polar surface area (TPSA) is 66.7 Å². The Morgan fingerprint density at radius 2 is 2.26 bits per heavy atom. The normalized spacial score (nSPS) is 18.6. The highest BCUT2D eigenvalue weighted by Crippen LogP contribution is 2.28. The second kappa shape index (κ2) is 4.85. The van der Waals surface area contributed by atoms with Gasteiger partial charge in [-0.15, -0.1) is 0 Å². The number of H-pyrrole nitrogens is 1. The Hall–Kier alpha value is -2.14. The lowest BCUT2D eigenvalue weighted by atomic mass is 10.1. The maximum atomic E-state index is 5.35. The van der Waals surface area contributed by atoms with Gasteiger partial charge in [0, 0.05) is 23.0 Å². The van der Waals surface area contributed by atoms with Gasteiger partial charge in [0.1, 0.15) is 0 Å². The van der Waals surface area contributed by atoms with Crippen molar-refractivity contribution in [3.05, 3.63) is 36.5 Å². The van der Waals surface area contributed by atoms with Crippen LogP contribution in [0.3, 0.4) is 0 Å². The first-order valence-electron chi connectivity index (χ1n) is 6.37. The van der Waals surface area contributed by atoms with Gasteiger partial charge < -0.3 is 14.8 Å². The molecule has 0 aromatic carbocycles. The van der Waals surface area contributed by atoms with Gasteiger partial charge in [-0.25, -0.2) is 0 Å². The molecule has 0 saturated carbocycles. The standard InChI is InChI=1S/C14H16N4O/c1-3-9-10(8-16-11(9)4-2)13-17-14(19-18-13)12-6-5-7-15-12/h3-4,8,12,15-16H,1-2,5-7H2. The van der Waals surface area contributed by atoms with Crippen LogP contribution in [-0.2, 0) is 0 Å². The van der Waals surface area contributed by atoms with Crippen LogP contribution in [0.4, 0.5) is 0 Å². The molecular formula is C14H16N4O. The number of nitrogens with one attached hydrogen (secondary N) is 2. The van der Waals surface area contributed by atoms with Crippen LogP contribution < -0.4 is 5.32 Å². The van der Waals surface area contributed by atoms with Gasteiger partial charge in [0.2, 0.25) is 11.7 Å². The summed E-state index contributed by atoms with van der Waals surface area (Å²) in [6, 6.07) is 0.186. The van der Waals surface area contributed by atoms with Crippen molar-refractivity contribution < 1.29 is 4.52 Å². The molecule has 3 heterocycles. The zero-order chi connectivity index (χ0) is 13.2. The molecule has 1 unspecified atom stereocenters. The summed E-state index contributed by atoms with van der Waals surface area (Å²) in [6.07, 6.45) is 7.56. The maximum absolute atomic E-state index is 5.35. The van der Waals surface area contributed by atoms with Gasteiger partial charge in [0.05, 0.1) is 6.04 Å². The van der Waals surface area contributed by atoms with Crippen molar-refractivity contribution in [3.63, 3.8) is 0 Å². The largest absolute Gasteiger partial charge is 0.360 e. The van der Waals surface area contributed by atoms with Crippen molar-refractivity contribution in [1.82, 2.24) is 20.4 Å². The average molecular weight is 256 g/mol. The minimum Gasteiger partial charge on any atom is -0.360 e. The maximum Gasteiger partial charge on any atom is 0.244 e. The number of hydrogen-bond donors (Lipinski definition) is 2. The van der Waals surface area contributed by atoms with E-state index in [-0.39, 0.29) is 6.04 Å². The molecule has 2 N–H and O–H groups in total. The van der Waals surface area contributed by atoms with Crippen LogP contribution >= 0.6 is 0 Å². The summed E-state index contributed by atoms with van der Waals surface area (Å²) in [6.45, 7) is 8.58. The van der Waals surface area contributed by atoms with E-state index in [1.54, 1.807) is 12.2 Å². The highest BCUT2D eigenvalue weighted by molar-refractivity contribution is 5.76. The second-order valence-electron chi connectivity index (χ2n) is 4.54.